The van der Waals surface area contributed by atoms with Crippen LogP contribution in [0.2, 0.25) is 0 Å². The monoisotopic (exact) mass is 177 g/mol. The highest BCUT2D eigenvalue weighted by Gasteiger charge is 2.46. The predicted molar refractivity (Wildman–Crippen MR) is 26.6 cm³/mol. The van der Waals surface area contributed by atoms with E-state index >= 15 is 0 Å². The summed E-state index contributed by atoms with van der Waals surface area (Å²) in [5.74, 6) is 0. The van der Waals surface area contributed by atoms with Crippen LogP contribution in [0.25, 0.3) is 0 Å². The van der Waals surface area contributed by atoms with Crippen LogP contribution in [0, 0.1) is 0 Å². The van der Waals surface area contributed by atoms with Gasteiger partial charge in [0.05, 0.1) is 6.61 Å². The molecule has 0 saturated carbocycles. The minimum absolute atomic E-state index is 0.512. The molecule has 0 atom stereocenters. The summed E-state index contributed by atoms with van der Waals surface area (Å²) < 4.78 is 57.2. The molecule has 0 spiro atoms. The highest BCUT2D eigenvalue weighted by atomic mass is 32.2. The van der Waals surface area contributed by atoms with Gasteiger partial charge in [-0.05, 0) is 6.92 Å². The van der Waals surface area contributed by atoms with Crippen LogP contribution in [0.1, 0.15) is 6.92 Å². The number of halogens is 3. The van der Waals surface area contributed by atoms with Crippen molar-refractivity contribution >= 4 is 10.1 Å². The van der Waals surface area contributed by atoms with Crippen molar-refractivity contribution in [3.8, 4) is 0 Å². The van der Waals surface area contributed by atoms with Gasteiger partial charge in [0.25, 0.3) is 0 Å². The van der Waals surface area contributed by atoms with E-state index in [-0.39, 0.29) is 0 Å². The van der Waals surface area contributed by atoms with Gasteiger partial charge in [0.2, 0.25) is 0 Å². The van der Waals surface area contributed by atoms with Crippen molar-refractivity contribution in [3.05, 3.63) is 0 Å². The molecule has 0 unspecified atom stereocenters. The number of alkyl halides is 3. The average molecular weight is 177 g/mol. The molecule has 62 valence electrons. The van der Waals surface area contributed by atoms with Crippen molar-refractivity contribution in [1.82, 2.24) is 0 Å². The molecule has 0 aliphatic carbocycles. The molecule has 0 bridgehead atoms. The quantitative estimate of drug-likeness (QED) is 0.464. The summed E-state index contributed by atoms with van der Waals surface area (Å²) in [5.41, 5.74) is -5.30. The molecule has 0 radical (unpaired) electrons. The zero-order valence-electron chi connectivity index (χ0n) is 4.97. The molecule has 0 fully saturated rings. The van der Waals surface area contributed by atoms with Gasteiger partial charge in [0, 0.05) is 0 Å². The van der Waals surface area contributed by atoms with E-state index < -0.39 is 22.2 Å². The van der Waals surface area contributed by atoms with Crippen molar-refractivity contribution in [2.24, 2.45) is 0 Å². The van der Waals surface area contributed by atoms with Gasteiger partial charge >= 0.3 is 15.6 Å². The fraction of sp³-hybridized carbons (Fsp3) is 1.00. The van der Waals surface area contributed by atoms with Crippen LogP contribution < -0.4 is 0 Å². The Morgan fingerprint density at radius 3 is 1.90 bits per heavy atom. The van der Waals surface area contributed by atoms with Gasteiger partial charge in [-0.15, -0.1) is 0 Å². The van der Waals surface area contributed by atoms with Gasteiger partial charge in [0.1, 0.15) is 0 Å². The molecule has 7 heteroatoms. The lowest BCUT2D eigenvalue weighted by Crippen LogP contribution is -2.25. The standard InChI is InChI=1S/C3H5F3O3S/c1-2-9-10(7,8)3(4,5)6/h2H2,1H3/i1-1. The second kappa shape index (κ2) is 2.75. The minimum Gasteiger partial charge on any atom is -0.263 e. The summed E-state index contributed by atoms with van der Waals surface area (Å²) in [6, 6.07) is 0. The Kier molecular flexibility index (Phi) is 2.67. The third-order valence-corrected chi connectivity index (χ3v) is 1.67. The molecule has 0 aliphatic rings. The Labute approximate surface area is 55.9 Å². The number of rotatable bonds is 2. The van der Waals surface area contributed by atoms with E-state index in [1.54, 1.807) is 0 Å². The topological polar surface area (TPSA) is 43.4 Å². The molecule has 0 aromatic carbocycles. The highest BCUT2D eigenvalue weighted by molar-refractivity contribution is 7.87. The first-order valence-electron chi connectivity index (χ1n) is 2.27. The van der Waals surface area contributed by atoms with Gasteiger partial charge in [-0.25, -0.2) is 0 Å². The Hall–Kier alpha value is -0.300. The van der Waals surface area contributed by atoms with Crippen LogP contribution in [-0.2, 0) is 14.3 Å². The Morgan fingerprint density at radius 2 is 1.80 bits per heavy atom. The number of hydrogen-bond acceptors (Lipinski definition) is 3. The highest BCUT2D eigenvalue weighted by Crippen LogP contribution is 2.23. The van der Waals surface area contributed by atoms with E-state index in [1.807, 2.05) is 0 Å². The van der Waals surface area contributed by atoms with Crippen molar-refractivity contribution < 1.29 is 25.8 Å². The van der Waals surface area contributed by atoms with E-state index in [0.717, 1.165) is 6.92 Å². The van der Waals surface area contributed by atoms with Crippen LogP contribution in [0.15, 0.2) is 0 Å². The third-order valence-electron chi connectivity index (χ3n) is 0.556. The summed E-state index contributed by atoms with van der Waals surface area (Å²) in [4.78, 5) is 0. The van der Waals surface area contributed by atoms with Crippen molar-refractivity contribution in [2.75, 3.05) is 6.61 Å². The lowest BCUT2D eigenvalue weighted by Gasteiger charge is -2.05. The second-order valence-corrected chi connectivity index (χ2v) is 2.91. The van der Waals surface area contributed by atoms with Crippen LogP contribution in [0.5, 0.6) is 0 Å². The largest absolute Gasteiger partial charge is 0.523 e. The fourth-order valence-electron chi connectivity index (χ4n) is 0.222. The molecule has 0 aromatic heterocycles. The summed E-state index contributed by atoms with van der Waals surface area (Å²) in [7, 11) is -5.35. The predicted octanol–water partition coefficient (Wildman–Crippen LogP) is 0.873. The molecular weight excluding hydrogens is 172 g/mol. The van der Waals surface area contributed by atoms with Crippen LogP contribution in [0.4, 0.5) is 13.2 Å². The minimum atomic E-state index is -5.35. The van der Waals surface area contributed by atoms with Gasteiger partial charge in [0.15, 0.2) is 0 Å². The Balaban J connectivity index is 4.44. The molecule has 0 rings (SSSR count). The van der Waals surface area contributed by atoms with E-state index in [1.165, 1.54) is 0 Å². The zero-order chi connectivity index (χ0) is 8.41. The molecule has 0 amide bonds. The van der Waals surface area contributed by atoms with Gasteiger partial charge in [-0.3, -0.25) is 4.18 Å². The van der Waals surface area contributed by atoms with Crippen LogP contribution >= 0.6 is 0 Å². The Bertz CT molecular complexity index is 192. The van der Waals surface area contributed by atoms with Gasteiger partial charge in [-0.1, -0.05) is 0 Å². The lowest BCUT2D eigenvalue weighted by molar-refractivity contribution is -0.0539. The molecule has 3 nitrogen and oxygen atoms in total. The van der Waals surface area contributed by atoms with Gasteiger partial charge in [-0.2, -0.15) is 21.6 Å². The lowest BCUT2D eigenvalue weighted by atomic mass is 10.3. The smallest absolute Gasteiger partial charge is 0.263 e. The molecule has 0 aliphatic heterocycles. The van der Waals surface area contributed by atoms with E-state index in [2.05, 4.69) is 4.18 Å². The third kappa shape index (κ3) is 2.14. The molecule has 0 saturated heterocycles. The van der Waals surface area contributed by atoms with E-state index in [9.17, 15) is 21.6 Å². The molecule has 0 heterocycles. The van der Waals surface area contributed by atoms with E-state index in [4.69, 9.17) is 0 Å². The first-order valence-corrected chi connectivity index (χ1v) is 3.68. The Morgan fingerprint density at radius 1 is 1.40 bits per heavy atom. The van der Waals surface area contributed by atoms with Crippen molar-refractivity contribution in [3.63, 3.8) is 0 Å². The second-order valence-electron chi connectivity index (χ2n) is 1.31. The SMILES string of the molecule is [11CH3]COS(=O)(=O)C(F)(F)F. The van der Waals surface area contributed by atoms with Crippen LogP contribution in [-0.4, -0.2) is 20.5 Å². The molecule has 0 aromatic rings. The summed E-state index contributed by atoms with van der Waals surface area (Å²) in [6.45, 7) is 0.644. The maximum Gasteiger partial charge on any atom is 0.523 e. The molecule has 10 heavy (non-hydrogen) atoms. The van der Waals surface area contributed by atoms with Crippen LogP contribution in [0.3, 0.4) is 0 Å². The van der Waals surface area contributed by atoms with E-state index in [0.29, 0.717) is 0 Å². The molecule has 0 N–H and O–H groups in total. The van der Waals surface area contributed by atoms with Crippen molar-refractivity contribution in [2.45, 2.75) is 12.4 Å². The summed E-state index contributed by atoms with van der Waals surface area (Å²) >= 11 is 0. The van der Waals surface area contributed by atoms with Gasteiger partial charge < -0.3 is 0 Å². The first-order chi connectivity index (χ1) is 4.31. The molecular formula is C3H5F3O3S. The average Bonchev–Trinajstić information content (AvgIpc) is 1.61. The maximum atomic E-state index is 11.3. The van der Waals surface area contributed by atoms with Crippen molar-refractivity contribution in [1.29, 1.82) is 0 Å². The summed E-state index contributed by atoms with van der Waals surface area (Å²) in [5, 5.41) is 0. The fourth-order valence-corrected chi connectivity index (χ4v) is 0.666. The summed E-state index contributed by atoms with van der Waals surface area (Å²) in [6.07, 6.45) is 0. The normalized spacial score (nSPS) is 13.6. The first kappa shape index (κ1) is 9.70. The maximum absolute atomic E-state index is 11.3. The zero-order valence-corrected chi connectivity index (χ0v) is 5.79. The number of hydrogen-bond donors (Lipinski definition) is 0.